The predicted octanol–water partition coefficient (Wildman–Crippen LogP) is 1.21. The second-order valence-electron chi connectivity index (χ2n) is 3.10. The molecule has 0 radical (unpaired) electrons. The standard InChI is InChI=1S/C10H14N2O/c1-11-7-8-3-2-4-9-10(8)13-6-5-12-9/h2-4,11-12H,5-7H2,1H3. The van der Waals surface area contributed by atoms with Crippen LogP contribution in [0.2, 0.25) is 0 Å². The molecule has 13 heavy (non-hydrogen) atoms. The molecular formula is C10H14N2O. The third kappa shape index (κ3) is 1.60. The van der Waals surface area contributed by atoms with Crippen molar-refractivity contribution in [3.05, 3.63) is 23.8 Å². The molecule has 3 heteroatoms. The maximum Gasteiger partial charge on any atom is 0.146 e. The molecule has 0 saturated heterocycles. The first-order chi connectivity index (χ1) is 6.42. The van der Waals surface area contributed by atoms with Crippen LogP contribution in [-0.2, 0) is 6.54 Å². The molecule has 0 saturated carbocycles. The van der Waals surface area contributed by atoms with Crippen LogP contribution in [-0.4, -0.2) is 20.2 Å². The number of nitrogens with one attached hydrogen (secondary N) is 2. The maximum atomic E-state index is 5.60. The highest BCUT2D eigenvalue weighted by atomic mass is 16.5. The summed E-state index contributed by atoms with van der Waals surface area (Å²) in [5.74, 6) is 1.00. The Balaban J connectivity index is 2.34. The van der Waals surface area contributed by atoms with E-state index in [0.717, 1.165) is 31.1 Å². The van der Waals surface area contributed by atoms with Gasteiger partial charge in [0.05, 0.1) is 5.69 Å². The summed E-state index contributed by atoms with van der Waals surface area (Å²) in [5.41, 5.74) is 2.33. The van der Waals surface area contributed by atoms with E-state index in [2.05, 4.69) is 16.7 Å². The quantitative estimate of drug-likeness (QED) is 0.714. The second-order valence-corrected chi connectivity index (χ2v) is 3.10. The lowest BCUT2D eigenvalue weighted by Crippen LogP contribution is -2.20. The van der Waals surface area contributed by atoms with Crippen molar-refractivity contribution in [1.29, 1.82) is 0 Å². The Morgan fingerprint density at radius 3 is 3.31 bits per heavy atom. The summed E-state index contributed by atoms with van der Waals surface area (Å²) < 4.78 is 5.60. The van der Waals surface area contributed by atoms with Gasteiger partial charge in [0.2, 0.25) is 0 Å². The van der Waals surface area contributed by atoms with Gasteiger partial charge in [-0.3, -0.25) is 0 Å². The van der Waals surface area contributed by atoms with Crippen molar-refractivity contribution < 1.29 is 4.74 Å². The monoisotopic (exact) mass is 178 g/mol. The molecule has 70 valence electrons. The SMILES string of the molecule is CNCc1cccc2c1OCCN2. The van der Waals surface area contributed by atoms with Gasteiger partial charge in [0.1, 0.15) is 12.4 Å². The summed E-state index contributed by atoms with van der Waals surface area (Å²) in [4.78, 5) is 0. The van der Waals surface area contributed by atoms with Crippen molar-refractivity contribution in [3.8, 4) is 5.75 Å². The minimum Gasteiger partial charge on any atom is -0.489 e. The zero-order valence-electron chi connectivity index (χ0n) is 7.76. The van der Waals surface area contributed by atoms with Crippen LogP contribution >= 0.6 is 0 Å². The minimum absolute atomic E-state index is 0.758. The smallest absolute Gasteiger partial charge is 0.146 e. The van der Waals surface area contributed by atoms with Crippen molar-refractivity contribution in [3.63, 3.8) is 0 Å². The fourth-order valence-electron chi connectivity index (χ4n) is 1.56. The van der Waals surface area contributed by atoms with Crippen LogP contribution in [0.15, 0.2) is 18.2 Å². The maximum absolute atomic E-state index is 5.60. The third-order valence-electron chi connectivity index (χ3n) is 2.13. The molecule has 1 aliphatic rings. The first-order valence-electron chi connectivity index (χ1n) is 4.55. The van der Waals surface area contributed by atoms with Gasteiger partial charge in [-0.1, -0.05) is 12.1 Å². The average Bonchev–Trinajstić information content (AvgIpc) is 2.19. The molecule has 1 aliphatic heterocycles. The summed E-state index contributed by atoms with van der Waals surface area (Å²) in [6.45, 7) is 2.51. The number of benzene rings is 1. The lowest BCUT2D eigenvalue weighted by Gasteiger charge is -2.21. The van der Waals surface area contributed by atoms with Crippen LogP contribution in [0.4, 0.5) is 5.69 Å². The molecular weight excluding hydrogens is 164 g/mol. The van der Waals surface area contributed by atoms with Gasteiger partial charge in [0.15, 0.2) is 0 Å². The van der Waals surface area contributed by atoms with Crippen LogP contribution in [0.3, 0.4) is 0 Å². The van der Waals surface area contributed by atoms with E-state index in [1.165, 1.54) is 5.56 Å². The van der Waals surface area contributed by atoms with Gasteiger partial charge in [-0.25, -0.2) is 0 Å². The normalized spacial score (nSPS) is 14.2. The van der Waals surface area contributed by atoms with Gasteiger partial charge in [0, 0.05) is 18.7 Å². The number of rotatable bonds is 2. The average molecular weight is 178 g/mol. The van der Waals surface area contributed by atoms with E-state index < -0.39 is 0 Å². The highest BCUT2D eigenvalue weighted by molar-refractivity contribution is 5.61. The Bertz CT molecular complexity index is 299. The molecule has 0 aliphatic carbocycles. The van der Waals surface area contributed by atoms with Crippen LogP contribution in [0.1, 0.15) is 5.56 Å². The highest BCUT2D eigenvalue weighted by Crippen LogP contribution is 2.30. The number of hydrogen-bond donors (Lipinski definition) is 2. The molecule has 2 rings (SSSR count). The lowest BCUT2D eigenvalue weighted by atomic mass is 10.1. The molecule has 0 bridgehead atoms. The van der Waals surface area contributed by atoms with Crippen molar-refractivity contribution >= 4 is 5.69 Å². The van der Waals surface area contributed by atoms with Crippen molar-refractivity contribution in [2.24, 2.45) is 0 Å². The third-order valence-corrected chi connectivity index (χ3v) is 2.13. The van der Waals surface area contributed by atoms with E-state index >= 15 is 0 Å². The van der Waals surface area contributed by atoms with E-state index in [0.29, 0.717) is 0 Å². The van der Waals surface area contributed by atoms with Gasteiger partial charge in [0.25, 0.3) is 0 Å². The molecule has 1 heterocycles. The van der Waals surface area contributed by atoms with Crippen molar-refractivity contribution in [2.45, 2.75) is 6.54 Å². The van der Waals surface area contributed by atoms with E-state index in [4.69, 9.17) is 4.74 Å². The topological polar surface area (TPSA) is 33.3 Å². The largest absolute Gasteiger partial charge is 0.489 e. The van der Waals surface area contributed by atoms with Crippen LogP contribution in [0.25, 0.3) is 0 Å². The van der Waals surface area contributed by atoms with Gasteiger partial charge < -0.3 is 15.4 Å². The molecule has 0 spiro atoms. The zero-order chi connectivity index (χ0) is 9.10. The van der Waals surface area contributed by atoms with Crippen LogP contribution in [0, 0.1) is 0 Å². The van der Waals surface area contributed by atoms with Crippen LogP contribution in [0.5, 0.6) is 5.75 Å². The van der Waals surface area contributed by atoms with Gasteiger partial charge in [-0.15, -0.1) is 0 Å². The molecule has 1 aromatic carbocycles. The Morgan fingerprint density at radius 1 is 1.54 bits per heavy atom. The summed E-state index contributed by atoms with van der Waals surface area (Å²) in [6, 6.07) is 6.18. The molecule has 0 fully saturated rings. The number of para-hydroxylation sites is 1. The van der Waals surface area contributed by atoms with Crippen LogP contribution < -0.4 is 15.4 Å². The Morgan fingerprint density at radius 2 is 2.46 bits per heavy atom. The van der Waals surface area contributed by atoms with E-state index in [9.17, 15) is 0 Å². The molecule has 0 atom stereocenters. The second kappa shape index (κ2) is 3.66. The van der Waals surface area contributed by atoms with E-state index in [1.807, 2.05) is 19.2 Å². The fraction of sp³-hybridized carbons (Fsp3) is 0.400. The minimum atomic E-state index is 0.758. The Hall–Kier alpha value is -1.22. The molecule has 2 N–H and O–H groups in total. The first kappa shape index (κ1) is 8.38. The molecule has 0 aromatic heterocycles. The van der Waals surface area contributed by atoms with Gasteiger partial charge in [-0.2, -0.15) is 0 Å². The summed E-state index contributed by atoms with van der Waals surface area (Å²) in [5, 5.41) is 6.43. The van der Waals surface area contributed by atoms with E-state index in [1.54, 1.807) is 0 Å². The number of anilines is 1. The molecule has 3 nitrogen and oxygen atoms in total. The Labute approximate surface area is 78.1 Å². The predicted molar refractivity (Wildman–Crippen MR) is 53.2 cm³/mol. The number of fused-ring (bicyclic) bond motifs is 1. The number of ether oxygens (including phenoxy) is 1. The lowest BCUT2D eigenvalue weighted by molar-refractivity contribution is 0.319. The fourth-order valence-corrected chi connectivity index (χ4v) is 1.56. The zero-order valence-corrected chi connectivity index (χ0v) is 7.76. The summed E-state index contributed by atoms with van der Waals surface area (Å²) >= 11 is 0. The van der Waals surface area contributed by atoms with Crippen molar-refractivity contribution in [2.75, 3.05) is 25.5 Å². The highest BCUT2D eigenvalue weighted by Gasteiger charge is 2.12. The molecule has 0 amide bonds. The summed E-state index contributed by atoms with van der Waals surface area (Å²) in [7, 11) is 1.94. The van der Waals surface area contributed by atoms with Gasteiger partial charge in [-0.05, 0) is 13.1 Å². The van der Waals surface area contributed by atoms with E-state index in [-0.39, 0.29) is 0 Å². The van der Waals surface area contributed by atoms with Crippen molar-refractivity contribution in [1.82, 2.24) is 5.32 Å². The first-order valence-corrected chi connectivity index (χ1v) is 4.55. The summed E-state index contributed by atoms with van der Waals surface area (Å²) in [6.07, 6.45) is 0. The number of hydrogen-bond acceptors (Lipinski definition) is 3. The van der Waals surface area contributed by atoms with Gasteiger partial charge >= 0.3 is 0 Å². The molecule has 1 aromatic rings. The molecule has 0 unspecified atom stereocenters. The Kier molecular flexibility index (Phi) is 2.36.